The third-order valence-electron chi connectivity index (χ3n) is 2.59. The third kappa shape index (κ3) is 4.15. The van der Waals surface area contributed by atoms with E-state index in [9.17, 15) is 0 Å². The second kappa shape index (κ2) is 6.35. The summed E-state index contributed by atoms with van der Waals surface area (Å²) in [4.78, 5) is 0. The molecule has 0 heterocycles. The molecule has 1 aromatic carbocycles. The molecule has 17 heavy (non-hydrogen) atoms. The SMILES string of the molecule is CCNC(=S)N/N=C(/C)c1ccc(C)c(C)c1. The first-order chi connectivity index (χ1) is 8.04. The van der Waals surface area contributed by atoms with Crippen molar-refractivity contribution in [1.29, 1.82) is 0 Å². The van der Waals surface area contributed by atoms with E-state index in [0.717, 1.165) is 17.8 Å². The number of nitrogens with one attached hydrogen (secondary N) is 2. The van der Waals surface area contributed by atoms with E-state index in [0.29, 0.717) is 5.11 Å². The van der Waals surface area contributed by atoms with Gasteiger partial charge in [0, 0.05) is 6.54 Å². The van der Waals surface area contributed by atoms with Gasteiger partial charge in [0.05, 0.1) is 5.71 Å². The molecule has 0 aromatic heterocycles. The molecule has 0 saturated carbocycles. The lowest BCUT2D eigenvalue weighted by atomic mass is 10.0. The van der Waals surface area contributed by atoms with E-state index in [1.807, 2.05) is 13.8 Å². The van der Waals surface area contributed by atoms with E-state index in [-0.39, 0.29) is 0 Å². The summed E-state index contributed by atoms with van der Waals surface area (Å²) in [5.74, 6) is 0. The van der Waals surface area contributed by atoms with Crippen molar-refractivity contribution in [2.45, 2.75) is 27.7 Å². The van der Waals surface area contributed by atoms with Crippen LogP contribution in [0.25, 0.3) is 0 Å². The van der Waals surface area contributed by atoms with Gasteiger partial charge in [0.2, 0.25) is 0 Å². The number of nitrogens with zero attached hydrogens (tertiary/aromatic N) is 1. The predicted octanol–water partition coefficient (Wildman–Crippen LogP) is 2.51. The first-order valence-electron chi connectivity index (χ1n) is 5.70. The molecule has 0 atom stereocenters. The molecule has 92 valence electrons. The number of hydrogen-bond acceptors (Lipinski definition) is 2. The fourth-order valence-electron chi connectivity index (χ4n) is 1.37. The Labute approximate surface area is 108 Å². The molecule has 0 spiro atoms. The summed E-state index contributed by atoms with van der Waals surface area (Å²) in [7, 11) is 0. The zero-order valence-corrected chi connectivity index (χ0v) is 11.6. The van der Waals surface area contributed by atoms with Crippen molar-refractivity contribution in [3.63, 3.8) is 0 Å². The molecular weight excluding hydrogens is 230 g/mol. The minimum absolute atomic E-state index is 0.552. The molecule has 0 amide bonds. The molecule has 0 fully saturated rings. The van der Waals surface area contributed by atoms with E-state index in [4.69, 9.17) is 12.2 Å². The Bertz CT molecular complexity index is 438. The van der Waals surface area contributed by atoms with Gasteiger partial charge in [0.25, 0.3) is 0 Å². The zero-order valence-electron chi connectivity index (χ0n) is 10.8. The van der Waals surface area contributed by atoms with Gasteiger partial charge >= 0.3 is 0 Å². The second-order valence-corrected chi connectivity index (χ2v) is 4.38. The molecule has 0 saturated heterocycles. The number of hydrazone groups is 1. The molecule has 0 aliphatic rings. The molecule has 0 radical (unpaired) electrons. The minimum Gasteiger partial charge on any atom is -0.362 e. The Hall–Kier alpha value is -1.42. The molecule has 0 aliphatic heterocycles. The lowest BCUT2D eigenvalue weighted by molar-refractivity contribution is 0.900. The van der Waals surface area contributed by atoms with Gasteiger partial charge in [-0.25, -0.2) is 0 Å². The van der Waals surface area contributed by atoms with Crippen LogP contribution in [0.15, 0.2) is 23.3 Å². The second-order valence-electron chi connectivity index (χ2n) is 3.97. The fraction of sp³-hybridized carbons (Fsp3) is 0.385. The standard InChI is InChI=1S/C13H19N3S/c1-5-14-13(17)16-15-11(4)12-7-6-9(2)10(3)8-12/h6-8H,5H2,1-4H3,(H2,14,16,17)/b15-11-. The molecule has 4 heteroatoms. The van der Waals surface area contributed by atoms with Crippen LogP contribution in [0.1, 0.15) is 30.5 Å². The molecule has 0 unspecified atom stereocenters. The normalized spacial score (nSPS) is 11.2. The van der Waals surface area contributed by atoms with E-state index in [2.05, 4.69) is 47.9 Å². The number of thiocarbonyl (C=S) groups is 1. The number of benzene rings is 1. The smallest absolute Gasteiger partial charge is 0.186 e. The highest BCUT2D eigenvalue weighted by molar-refractivity contribution is 7.80. The van der Waals surface area contributed by atoms with Crippen molar-refractivity contribution in [1.82, 2.24) is 10.7 Å². The summed E-state index contributed by atoms with van der Waals surface area (Å²) in [6.45, 7) is 8.95. The van der Waals surface area contributed by atoms with Crippen LogP contribution in [0.4, 0.5) is 0 Å². The van der Waals surface area contributed by atoms with Crippen LogP contribution >= 0.6 is 12.2 Å². The van der Waals surface area contributed by atoms with Gasteiger partial charge in [-0.1, -0.05) is 12.1 Å². The minimum atomic E-state index is 0.552. The Balaban J connectivity index is 2.74. The molecule has 2 N–H and O–H groups in total. The van der Waals surface area contributed by atoms with Crippen molar-refractivity contribution in [3.05, 3.63) is 34.9 Å². The van der Waals surface area contributed by atoms with Crippen molar-refractivity contribution < 1.29 is 0 Å². The Morgan fingerprint density at radius 3 is 2.59 bits per heavy atom. The van der Waals surface area contributed by atoms with Crippen molar-refractivity contribution in [2.24, 2.45) is 5.10 Å². The molecule has 1 aromatic rings. The lowest BCUT2D eigenvalue weighted by Crippen LogP contribution is -2.32. The van der Waals surface area contributed by atoms with Gasteiger partial charge in [-0.3, -0.25) is 5.43 Å². The van der Waals surface area contributed by atoms with E-state index < -0.39 is 0 Å². The summed E-state index contributed by atoms with van der Waals surface area (Å²) >= 11 is 5.04. The van der Waals surface area contributed by atoms with Crippen molar-refractivity contribution in [3.8, 4) is 0 Å². The number of rotatable bonds is 3. The van der Waals surface area contributed by atoms with E-state index in [1.54, 1.807) is 0 Å². The van der Waals surface area contributed by atoms with Crippen LogP contribution < -0.4 is 10.7 Å². The predicted molar refractivity (Wildman–Crippen MR) is 77.5 cm³/mol. The Kier molecular flexibility index (Phi) is 5.10. The maximum absolute atomic E-state index is 5.04. The van der Waals surface area contributed by atoms with Gasteiger partial charge in [0.15, 0.2) is 5.11 Å². The topological polar surface area (TPSA) is 36.4 Å². The summed E-state index contributed by atoms with van der Waals surface area (Å²) in [5, 5.41) is 7.78. The number of aryl methyl sites for hydroxylation is 2. The Morgan fingerprint density at radius 2 is 2.00 bits per heavy atom. The Morgan fingerprint density at radius 1 is 1.29 bits per heavy atom. The molecule has 1 rings (SSSR count). The molecular formula is C13H19N3S. The molecule has 0 aliphatic carbocycles. The van der Waals surface area contributed by atoms with Crippen LogP contribution in [-0.4, -0.2) is 17.4 Å². The summed E-state index contributed by atoms with van der Waals surface area (Å²) in [6, 6.07) is 6.30. The first-order valence-corrected chi connectivity index (χ1v) is 6.11. The average Bonchev–Trinajstić information content (AvgIpc) is 2.30. The largest absolute Gasteiger partial charge is 0.362 e. The van der Waals surface area contributed by atoms with Crippen LogP contribution in [0.5, 0.6) is 0 Å². The van der Waals surface area contributed by atoms with E-state index >= 15 is 0 Å². The fourth-order valence-corrected chi connectivity index (χ4v) is 1.56. The quantitative estimate of drug-likeness (QED) is 0.491. The molecule has 3 nitrogen and oxygen atoms in total. The summed E-state index contributed by atoms with van der Waals surface area (Å²) in [5.41, 5.74) is 7.42. The van der Waals surface area contributed by atoms with Gasteiger partial charge in [-0.2, -0.15) is 5.10 Å². The van der Waals surface area contributed by atoms with Crippen molar-refractivity contribution >= 4 is 23.0 Å². The highest BCUT2D eigenvalue weighted by atomic mass is 32.1. The van der Waals surface area contributed by atoms with Crippen molar-refractivity contribution in [2.75, 3.05) is 6.54 Å². The van der Waals surface area contributed by atoms with Crippen LogP contribution in [0.3, 0.4) is 0 Å². The lowest BCUT2D eigenvalue weighted by Gasteiger charge is -2.07. The van der Waals surface area contributed by atoms with Gasteiger partial charge in [-0.05, 0) is 62.7 Å². The summed E-state index contributed by atoms with van der Waals surface area (Å²) in [6.07, 6.45) is 0. The average molecular weight is 249 g/mol. The van der Waals surface area contributed by atoms with E-state index in [1.165, 1.54) is 11.1 Å². The van der Waals surface area contributed by atoms with Gasteiger partial charge in [0.1, 0.15) is 0 Å². The molecule has 0 bridgehead atoms. The highest BCUT2D eigenvalue weighted by Crippen LogP contribution is 2.10. The zero-order chi connectivity index (χ0) is 12.8. The highest BCUT2D eigenvalue weighted by Gasteiger charge is 2.00. The third-order valence-corrected chi connectivity index (χ3v) is 2.82. The maximum atomic E-state index is 5.04. The van der Waals surface area contributed by atoms with Gasteiger partial charge in [-0.15, -0.1) is 0 Å². The van der Waals surface area contributed by atoms with Crippen LogP contribution in [0, 0.1) is 13.8 Å². The number of hydrogen-bond donors (Lipinski definition) is 2. The maximum Gasteiger partial charge on any atom is 0.186 e. The summed E-state index contributed by atoms with van der Waals surface area (Å²) < 4.78 is 0. The monoisotopic (exact) mass is 249 g/mol. The van der Waals surface area contributed by atoms with Crippen LogP contribution in [0.2, 0.25) is 0 Å². The van der Waals surface area contributed by atoms with Crippen LogP contribution in [-0.2, 0) is 0 Å². The van der Waals surface area contributed by atoms with Gasteiger partial charge < -0.3 is 5.32 Å². The first kappa shape index (κ1) is 13.6.